The zero-order valence-corrected chi connectivity index (χ0v) is 11.4. The van der Waals surface area contributed by atoms with E-state index in [1.807, 2.05) is 6.07 Å². The normalized spacial score (nSPS) is 10.9. The Labute approximate surface area is 116 Å². The van der Waals surface area contributed by atoms with E-state index in [1.165, 1.54) is 12.4 Å². The van der Waals surface area contributed by atoms with Crippen LogP contribution in [0.25, 0.3) is 0 Å². The van der Waals surface area contributed by atoms with Gasteiger partial charge in [0, 0.05) is 16.9 Å². The van der Waals surface area contributed by atoms with Crippen LogP contribution in [0, 0.1) is 0 Å². The van der Waals surface area contributed by atoms with Crippen molar-refractivity contribution >= 4 is 33.2 Å². The lowest BCUT2D eigenvalue weighted by atomic mass is 10.3. The van der Waals surface area contributed by atoms with Crippen LogP contribution in [0.1, 0.15) is 12.4 Å². The lowest BCUT2D eigenvalue weighted by Gasteiger charge is -2.10. The summed E-state index contributed by atoms with van der Waals surface area (Å²) in [5, 5.41) is 3.48. The summed E-state index contributed by atoms with van der Waals surface area (Å²) in [4.78, 5) is 3.87. The monoisotopic (exact) mass is 335 g/mol. The minimum atomic E-state index is -2.59. The Morgan fingerprint density at radius 2 is 2.22 bits per heavy atom. The fraction of sp³-hybridized carbons (Fsp3) is 0.182. The third-order valence-corrected chi connectivity index (χ3v) is 3.13. The minimum absolute atomic E-state index is 0.179. The maximum absolute atomic E-state index is 12.6. The summed E-state index contributed by atoms with van der Waals surface area (Å²) in [5.41, 5.74) is 0.670. The molecule has 0 amide bonds. The number of nitrogens with one attached hydrogen (secondary N) is 1. The first-order chi connectivity index (χ1) is 8.58. The average Bonchev–Trinajstić information content (AvgIpc) is 2.76. The molecule has 1 aromatic heterocycles. The van der Waals surface area contributed by atoms with E-state index in [-0.39, 0.29) is 12.4 Å². The summed E-state index contributed by atoms with van der Waals surface area (Å²) < 4.78 is 26.8. The van der Waals surface area contributed by atoms with E-state index in [0.717, 1.165) is 9.04 Å². The maximum atomic E-state index is 12.6. The summed E-state index contributed by atoms with van der Waals surface area (Å²) in [5.74, 6) is 0.254. The SMILES string of the molecule is FC(F)n1ccnc1CNc1ccc(Br)cc1Cl. The van der Waals surface area contributed by atoms with Crippen molar-refractivity contribution in [2.24, 2.45) is 0 Å². The molecule has 7 heteroatoms. The molecule has 1 heterocycles. The van der Waals surface area contributed by atoms with Gasteiger partial charge < -0.3 is 5.32 Å². The Hall–Kier alpha value is -1.14. The fourth-order valence-corrected chi connectivity index (χ4v) is 2.21. The van der Waals surface area contributed by atoms with Crippen molar-refractivity contribution in [2.45, 2.75) is 13.1 Å². The van der Waals surface area contributed by atoms with Gasteiger partial charge in [0.05, 0.1) is 17.3 Å². The molecule has 0 saturated carbocycles. The second-order valence-corrected chi connectivity index (χ2v) is 4.83. The molecule has 0 unspecified atom stereocenters. The standard InChI is InChI=1S/C11H9BrClF2N3/c12-7-1-2-9(8(13)5-7)17-6-10-16-3-4-18(10)11(14)15/h1-5,11,17H,6H2. The van der Waals surface area contributed by atoms with Crippen LogP contribution in [-0.4, -0.2) is 9.55 Å². The molecule has 3 nitrogen and oxygen atoms in total. The van der Waals surface area contributed by atoms with Gasteiger partial charge in [0.2, 0.25) is 0 Å². The zero-order valence-electron chi connectivity index (χ0n) is 9.08. The number of rotatable bonds is 4. The Bertz CT molecular complexity index is 545. The van der Waals surface area contributed by atoms with Gasteiger partial charge >= 0.3 is 6.55 Å². The van der Waals surface area contributed by atoms with Gasteiger partial charge in [-0.05, 0) is 18.2 Å². The van der Waals surface area contributed by atoms with Crippen molar-refractivity contribution < 1.29 is 8.78 Å². The van der Waals surface area contributed by atoms with Gasteiger partial charge in [0.15, 0.2) is 0 Å². The molecule has 0 aliphatic heterocycles. The van der Waals surface area contributed by atoms with E-state index in [2.05, 4.69) is 26.2 Å². The van der Waals surface area contributed by atoms with Crippen molar-refractivity contribution in [3.8, 4) is 0 Å². The van der Waals surface area contributed by atoms with Gasteiger partial charge in [-0.2, -0.15) is 8.78 Å². The summed E-state index contributed by atoms with van der Waals surface area (Å²) in [6.07, 6.45) is 2.58. The predicted octanol–water partition coefficient (Wildman–Crippen LogP) is 4.31. The number of aromatic nitrogens is 2. The van der Waals surface area contributed by atoms with Crippen LogP contribution >= 0.6 is 27.5 Å². The van der Waals surface area contributed by atoms with Crippen LogP contribution in [0.4, 0.5) is 14.5 Å². The molecule has 0 fully saturated rings. The Morgan fingerprint density at radius 1 is 1.44 bits per heavy atom. The van der Waals surface area contributed by atoms with Crippen LogP contribution in [-0.2, 0) is 6.54 Å². The van der Waals surface area contributed by atoms with Crippen LogP contribution in [0.5, 0.6) is 0 Å². The van der Waals surface area contributed by atoms with Crippen molar-refractivity contribution in [2.75, 3.05) is 5.32 Å². The molecule has 2 rings (SSSR count). The number of alkyl halides is 2. The molecule has 0 spiro atoms. The molecule has 1 aromatic carbocycles. The van der Waals surface area contributed by atoms with Gasteiger partial charge in [-0.1, -0.05) is 27.5 Å². The van der Waals surface area contributed by atoms with Crippen molar-refractivity contribution in [3.63, 3.8) is 0 Å². The molecule has 0 bridgehead atoms. The van der Waals surface area contributed by atoms with E-state index in [9.17, 15) is 8.78 Å². The van der Waals surface area contributed by atoms with Crippen LogP contribution in [0.15, 0.2) is 35.1 Å². The Kier molecular flexibility index (Phi) is 4.19. The van der Waals surface area contributed by atoms with E-state index in [0.29, 0.717) is 10.7 Å². The van der Waals surface area contributed by atoms with Gasteiger partial charge in [0.1, 0.15) is 5.82 Å². The van der Waals surface area contributed by atoms with E-state index in [4.69, 9.17) is 11.6 Å². The second-order valence-electron chi connectivity index (χ2n) is 3.51. The van der Waals surface area contributed by atoms with E-state index >= 15 is 0 Å². The largest absolute Gasteiger partial charge is 0.377 e. The van der Waals surface area contributed by atoms with Crippen molar-refractivity contribution in [1.82, 2.24) is 9.55 Å². The summed E-state index contributed by atoms with van der Waals surface area (Å²) >= 11 is 9.29. The van der Waals surface area contributed by atoms with Gasteiger partial charge in [-0.15, -0.1) is 0 Å². The van der Waals surface area contributed by atoms with Crippen LogP contribution in [0.2, 0.25) is 5.02 Å². The highest BCUT2D eigenvalue weighted by Gasteiger charge is 2.11. The molecule has 2 aromatic rings. The molecule has 0 aliphatic rings. The van der Waals surface area contributed by atoms with Crippen molar-refractivity contribution in [1.29, 1.82) is 0 Å². The quantitative estimate of drug-likeness (QED) is 0.902. The molecule has 1 N–H and O–H groups in total. The highest BCUT2D eigenvalue weighted by atomic mass is 79.9. The lowest BCUT2D eigenvalue weighted by Crippen LogP contribution is -2.09. The number of imidazole rings is 1. The van der Waals surface area contributed by atoms with Crippen LogP contribution in [0.3, 0.4) is 0 Å². The van der Waals surface area contributed by atoms with Crippen LogP contribution < -0.4 is 5.32 Å². The van der Waals surface area contributed by atoms with E-state index in [1.54, 1.807) is 12.1 Å². The fourth-order valence-electron chi connectivity index (χ4n) is 1.47. The molecular formula is C11H9BrClF2N3. The first-order valence-electron chi connectivity index (χ1n) is 5.06. The third-order valence-electron chi connectivity index (χ3n) is 2.33. The number of halogens is 4. The number of hydrogen-bond donors (Lipinski definition) is 1. The predicted molar refractivity (Wildman–Crippen MR) is 70.0 cm³/mol. The Balaban J connectivity index is 2.09. The second kappa shape index (κ2) is 5.67. The molecule has 0 saturated heterocycles. The Morgan fingerprint density at radius 3 is 2.89 bits per heavy atom. The molecule has 0 atom stereocenters. The topological polar surface area (TPSA) is 29.9 Å². The third kappa shape index (κ3) is 3.00. The van der Waals surface area contributed by atoms with E-state index < -0.39 is 6.55 Å². The molecule has 0 aliphatic carbocycles. The molecule has 96 valence electrons. The average molecular weight is 337 g/mol. The molecular weight excluding hydrogens is 327 g/mol. The highest BCUT2D eigenvalue weighted by Crippen LogP contribution is 2.26. The number of nitrogens with zero attached hydrogens (tertiary/aromatic N) is 2. The lowest BCUT2D eigenvalue weighted by molar-refractivity contribution is 0.0673. The number of benzene rings is 1. The van der Waals surface area contributed by atoms with Gasteiger partial charge in [-0.25, -0.2) is 4.98 Å². The molecule has 18 heavy (non-hydrogen) atoms. The highest BCUT2D eigenvalue weighted by molar-refractivity contribution is 9.10. The summed E-state index contributed by atoms with van der Waals surface area (Å²) in [6, 6.07) is 5.30. The zero-order chi connectivity index (χ0) is 13.1. The summed E-state index contributed by atoms with van der Waals surface area (Å²) in [6.45, 7) is -2.41. The first-order valence-corrected chi connectivity index (χ1v) is 6.24. The molecule has 0 radical (unpaired) electrons. The van der Waals surface area contributed by atoms with Gasteiger partial charge in [0.25, 0.3) is 0 Å². The minimum Gasteiger partial charge on any atom is -0.377 e. The van der Waals surface area contributed by atoms with Gasteiger partial charge in [-0.3, -0.25) is 4.57 Å². The summed E-state index contributed by atoms with van der Waals surface area (Å²) in [7, 11) is 0. The number of anilines is 1. The smallest absolute Gasteiger partial charge is 0.319 e. The number of hydrogen-bond acceptors (Lipinski definition) is 2. The van der Waals surface area contributed by atoms with Crippen molar-refractivity contribution in [3.05, 3.63) is 45.9 Å². The maximum Gasteiger partial charge on any atom is 0.319 e. The first kappa shape index (κ1) is 13.3.